The van der Waals surface area contributed by atoms with Crippen LogP contribution in [0.1, 0.15) is 15.9 Å². The number of carboxylic acids is 1. The van der Waals surface area contributed by atoms with E-state index in [1.54, 1.807) is 12.1 Å². The number of rotatable bonds is 6. The number of aromatic carboxylic acids is 1. The third kappa shape index (κ3) is 4.54. The lowest BCUT2D eigenvalue weighted by atomic mass is 10.1. The molecule has 1 amide bonds. The maximum atomic E-state index is 12.8. The van der Waals surface area contributed by atoms with Crippen molar-refractivity contribution in [3.05, 3.63) is 58.5 Å². The summed E-state index contributed by atoms with van der Waals surface area (Å²) in [5, 5.41) is 9.13. The number of hydrogen-bond donors (Lipinski definition) is 1. The summed E-state index contributed by atoms with van der Waals surface area (Å²) in [6, 6.07) is 10.2. The van der Waals surface area contributed by atoms with Crippen LogP contribution >= 0.6 is 24.0 Å². The molecule has 0 atom stereocenters. The van der Waals surface area contributed by atoms with E-state index in [0.717, 1.165) is 11.8 Å². The Labute approximate surface area is 173 Å². The average molecular weight is 437 g/mol. The van der Waals surface area contributed by atoms with Crippen LogP contribution in [0.2, 0.25) is 0 Å². The van der Waals surface area contributed by atoms with Gasteiger partial charge >= 0.3 is 12.6 Å². The predicted octanol–water partition coefficient (Wildman–Crippen LogP) is 4.40. The smallest absolute Gasteiger partial charge is 0.387 e. The predicted molar refractivity (Wildman–Crippen MR) is 109 cm³/mol. The number of benzene rings is 2. The van der Waals surface area contributed by atoms with Crippen molar-refractivity contribution in [2.75, 3.05) is 12.0 Å². The van der Waals surface area contributed by atoms with Gasteiger partial charge in [0.05, 0.1) is 23.3 Å². The third-order valence-electron chi connectivity index (χ3n) is 3.85. The van der Waals surface area contributed by atoms with Crippen LogP contribution in [-0.4, -0.2) is 35.0 Å². The zero-order valence-corrected chi connectivity index (χ0v) is 16.4. The summed E-state index contributed by atoms with van der Waals surface area (Å²) in [5.41, 5.74) is 0.776. The monoisotopic (exact) mass is 437 g/mol. The Kier molecular flexibility index (Phi) is 6.14. The molecule has 10 heteroatoms. The highest BCUT2D eigenvalue weighted by atomic mass is 32.2. The number of halogens is 2. The summed E-state index contributed by atoms with van der Waals surface area (Å²) in [5.74, 6) is -1.62. The minimum atomic E-state index is -3.03. The van der Waals surface area contributed by atoms with Crippen molar-refractivity contribution in [1.82, 2.24) is 0 Å². The summed E-state index contributed by atoms with van der Waals surface area (Å²) < 4.78 is 34.9. The fourth-order valence-corrected chi connectivity index (χ4v) is 3.89. The van der Waals surface area contributed by atoms with E-state index >= 15 is 0 Å². The molecule has 1 heterocycles. The first-order chi connectivity index (χ1) is 13.8. The lowest BCUT2D eigenvalue weighted by molar-refractivity contribution is -0.113. The highest BCUT2D eigenvalue weighted by molar-refractivity contribution is 8.27. The largest absolute Gasteiger partial charge is 0.493 e. The molecule has 2 aromatic rings. The molecule has 1 saturated heterocycles. The van der Waals surface area contributed by atoms with Crippen LogP contribution in [-0.2, 0) is 4.79 Å². The molecule has 0 aliphatic carbocycles. The van der Waals surface area contributed by atoms with Gasteiger partial charge in [0.1, 0.15) is 0 Å². The first-order valence-electron chi connectivity index (χ1n) is 8.04. The van der Waals surface area contributed by atoms with E-state index in [-0.39, 0.29) is 26.3 Å². The van der Waals surface area contributed by atoms with Crippen molar-refractivity contribution in [2.45, 2.75) is 6.61 Å². The summed E-state index contributed by atoms with van der Waals surface area (Å²) >= 11 is 6.28. The molecule has 1 aliphatic rings. The molecule has 0 spiro atoms. The topological polar surface area (TPSA) is 76.1 Å². The fourth-order valence-electron chi connectivity index (χ4n) is 2.59. The lowest BCUT2D eigenvalue weighted by Gasteiger charge is -2.14. The van der Waals surface area contributed by atoms with Crippen molar-refractivity contribution >= 4 is 51.9 Å². The van der Waals surface area contributed by atoms with Crippen LogP contribution in [0.3, 0.4) is 0 Å². The van der Waals surface area contributed by atoms with E-state index in [0.29, 0.717) is 11.3 Å². The number of anilines is 1. The van der Waals surface area contributed by atoms with Crippen LogP contribution in [0, 0.1) is 0 Å². The molecular formula is C19H13F2NO5S2. The summed E-state index contributed by atoms with van der Waals surface area (Å²) in [4.78, 5) is 25.5. The molecule has 3 rings (SSSR count). The van der Waals surface area contributed by atoms with Gasteiger partial charge < -0.3 is 14.6 Å². The van der Waals surface area contributed by atoms with Crippen LogP contribution < -0.4 is 14.4 Å². The fraction of sp³-hybridized carbons (Fsp3) is 0.105. The molecule has 0 saturated carbocycles. The van der Waals surface area contributed by atoms with Gasteiger partial charge in [-0.2, -0.15) is 8.78 Å². The van der Waals surface area contributed by atoms with Crippen LogP contribution in [0.4, 0.5) is 14.5 Å². The first-order valence-corrected chi connectivity index (χ1v) is 9.27. The molecule has 0 bridgehead atoms. The SMILES string of the molecule is COc1ccc(/C=C2\SC(=S)N(c3cccc(C(=O)O)c3)C2=O)cc1OC(F)F. The van der Waals surface area contributed by atoms with E-state index in [1.165, 1.54) is 48.4 Å². The highest BCUT2D eigenvalue weighted by Gasteiger charge is 2.33. The summed E-state index contributed by atoms with van der Waals surface area (Å²) in [6.07, 6.45) is 1.48. The number of methoxy groups -OCH3 is 1. The number of carbonyl (C=O) groups is 2. The molecule has 1 N–H and O–H groups in total. The Morgan fingerprint density at radius 1 is 1.24 bits per heavy atom. The minimum Gasteiger partial charge on any atom is -0.493 e. The van der Waals surface area contributed by atoms with Crippen molar-refractivity contribution in [2.24, 2.45) is 0 Å². The molecular weight excluding hydrogens is 424 g/mol. The number of carboxylic acid groups (broad SMARTS) is 1. The van der Waals surface area contributed by atoms with Crippen molar-refractivity contribution in [1.29, 1.82) is 0 Å². The number of ether oxygens (including phenoxy) is 2. The van der Waals surface area contributed by atoms with Gasteiger partial charge in [0.2, 0.25) is 0 Å². The number of alkyl halides is 2. The molecule has 0 radical (unpaired) electrons. The second kappa shape index (κ2) is 8.58. The van der Waals surface area contributed by atoms with Gasteiger partial charge in [-0.05, 0) is 42.0 Å². The Balaban J connectivity index is 1.92. The van der Waals surface area contributed by atoms with E-state index in [4.69, 9.17) is 22.1 Å². The molecule has 2 aromatic carbocycles. The van der Waals surface area contributed by atoms with Gasteiger partial charge in [-0.1, -0.05) is 36.1 Å². The van der Waals surface area contributed by atoms with Crippen molar-refractivity contribution in [3.8, 4) is 11.5 Å². The Bertz CT molecular complexity index is 1030. The van der Waals surface area contributed by atoms with Gasteiger partial charge in [0, 0.05) is 0 Å². The number of hydrogen-bond acceptors (Lipinski definition) is 6. The second-order valence-corrected chi connectivity index (χ2v) is 7.34. The Morgan fingerprint density at radius 3 is 2.66 bits per heavy atom. The van der Waals surface area contributed by atoms with Gasteiger partial charge in [0.25, 0.3) is 5.91 Å². The van der Waals surface area contributed by atoms with Gasteiger partial charge in [-0.15, -0.1) is 0 Å². The van der Waals surface area contributed by atoms with Crippen LogP contribution in [0.5, 0.6) is 11.5 Å². The zero-order valence-electron chi connectivity index (χ0n) is 14.8. The number of thiocarbonyl (C=S) groups is 1. The molecule has 6 nitrogen and oxygen atoms in total. The first kappa shape index (κ1) is 20.7. The standard InChI is InChI=1S/C19H13F2NO5S2/c1-26-13-6-5-10(7-14(13)27-18(20)21)8-15-16(23)22(19(28)29-15)12-4-2-3-11(9-12)17(24)25/h2-9,18H,1H3,(H,24,25)/b15-8-. The number of carbonyl (C=O) groups excluding carboxylic acids is 1. The van der Waals surface area contributed by atoms with Gasteiger partial charge in [-0.3, -0.25) is 9.69 Å². The van der Waals surface area contributed by atoms with E-state index in [1.807, 2.05) is 0 Å². The zero-order chi connectivity index (χ0) is 21.1. The average Bonchev–Trinajstić information content (AvgIpc) is 2.95. The van der Waals surface area contributed by atoms with E-state index in [2.05, 4.69) is 4.74 Å². The molecule has 1 aliphatic heterocycles. The molecule has 150 valence electrons. The normalized spacial score (nSPS) is 15.3. The molecule has 1 fully saturated rings. The van der Waals surface area contributed by atoms with Gasteiger partial charge in [0.15, 0.2) is 15.8 Å². The number of amides is 1. The highest BCUT2D eigenvalue weighted by Crippen LogP contribution is 2.37. The van der Waals surface area contributed by atoms with Crippen molar-refractivity contribution in [3.63, 3.8) is 0 Å². The molecule has 0 aromatic heterocycles. The minimum absolute atomic E-state index is 0.0180. The van der Waals surface area contributed by atoms with Crippen LogP contribution in [0.25, 0.3) is 6.08 Å². The van der Waals surface area contributed by atoms with E-state index < -0.39 is 18.5 Å². The van der Waals surface area contributed by atoms with E-state index in [9.17, 15) is 18.4 Å². The number of thioether (sulfide) groups is 1. The Hall–Kier alpha value is -2.98. The molecule has 29 heavy (non-hydrogen) atoms. The van der Waals surface area contributed by atoms with Gasteiger partial charge in [-0.25, -0.2) is 4.79 Å². The third-order valence-corrected chi connectivity index (χ3v) is 5.15. The van der Waals surface area contributed by atoms with Crippen molar-refractivity contribution < 1.29 is 33.0 Å². The maximum absolute atomic E-state index is 12.8. The number of nitrogens with zero attached hydrogens (tertiary/aromatic N) is 1. The maximum Gasteiger partial charge on any atom is 0.387 e. The Morgan fingerprint density at radius 2 is 2.00 bits per heavy atom. The lowest BCUT2D eigenvalue weighted by Crippen LogP contribution is -2.27. The van der Waals surface area contributed by atoms with Crippen LogP contribution in [0.15, 0.2) is 47.4 Å². The summed E-state index contributed by atoms with van der Waals surface area (Å²) in [7, 11) is 1.32. The summed E-state index contributed by atoms with van der Waals surface area (Å²) in [6.45, 7) is -3.03. The second-order valence-electron chi connectivity index (χ2n) is 5.66. The molecule has 0 unspecified atom stereocenters. The quantitative estimate of drug-likeness (QED) is 0.530.